The van der Waals surface area contributed by atoms with Gasteiger partial charge in [0.2, 0.25) is 0 Å². The molecule has 0 aliphatic carbocycles. The van der Waals surface area contributed by atoms with Gasteiger partial charge in [0.1, 0.15) is 5.69 Å². The molecule has 1 aromatic heterocycles. The van der Waals surface area contributed by atoms with Crippen LogP contribution in [0.5, 0.6) is 0 Å². The van der Waals surface area contributed by atoms with Crippen molar-refractivity contribution in [2.75, 3.05) is 13.1 Å². The maximum atomic E-state index is 12.4. The summed E-state index contributed by atoms with van der Waals surface area (Å²) in [5.74, 6) is -0.919. The van der Waals surface area contributed by atoms with Crippen LogP contribution < -0.4 is 0 Å². The Labute approximate surface area is 177 Å². The van der Waals surface area contributed by atoms with E-state index in [-0.39, 0.29) is 0 Å². The molecule has 0 atom stereocenters. The van der Waals surface area contributed by atoms with E-state index in [0.717, 1.165) is 52.6 Å². The average Bonchev–Trinajstić information content (AvgIpc) is 2.83. The summed E-state index contributed by atoms with van der Waals surface area (Å²) in [6.45, 7) is 2.64. The van der Waals surface area contributed by atoms with Crippen molar-refractivity contribution in [1.82, 2.24) is 9.47 Å². The van der Waals surface area contributed by atoms with Crippen LogP contribution in [0.25, 0.3) is 16.6 Å². The molecule has 2 aromatic carbocycles. The number of carboxylic acids is 1. The van der Waals surface area contributed by atoms with Crippen molar-refractivity contribution in [1.29, 1.82) is 0 Å². The van der Waals surface area contributed by atoms with Crippen molar-refractivity contribution < 1.29 is 9.90 Å². The molecule has 4 rings (SSSR count). The molecule has 0 radical (unpaired) electrons. The Balaban J connectivity index is 1.95. The van der Waals surface area contributed by atoms with Crippen LogP contribution >= 0.6 is 27.5 Å². The highest BCUT2D eigenvalue weighted by molar-refractivity contribution is 9.10. The van der Waals surface area contributed by atoms with E-state index in [1.807, 2.05) is 47.0 Å². The highest BCUT2D eigenvalue weighted by atomic mass is 79.9. The van der Waals surface area contributed by atoms with Crippen LogP contribution in [0.15, 0.2) is 46.9 Å². The van der Waals surface area contributed by atoms with E-state index in [1.165, 1.54) is 12.8 Å². The molecular formula is C22H22BrClN2O2. The van der Waals surface area contributed by atoms with Crippen molar-refractivity contribution in [2.45, 2.75) is 32.2 Å². The number of aromatic carboxylic acids is 1. The minimum Gasteiger partial charge on any atom is -0.477 e. The second-order valence-electron chi connectivity index (χ2n) is 7.28. The summed E-state index contributed by atoms with van der Waals surface area (Å²) < 4.78 is 2.60. The Morgan fingerprint density at radius 3 is 2.39 bits per heavy atom. The molecule has 1 fully saturated rings. The van der Waals surface area contributed by atoms with Gasteiger partial charge in [0.25, 0.3) is 0 Å². The van der Waals surface area contributed by atoms with Gasteiger partial charge in [-0.1, -0.05) is 42.6 Å². The van der Waals surface area contributed by atoms with E-state index in [4.69, 9.17) is 11.6 Å². The Hall–Kier alpha value is -1.82. The van der Waals surface area contributed by atoms with Gasteiger partial charge in [0.15, 0.2) is 0 Å². The van der Waals surface area contributed by atoms with Gasteiger partial charge >= 0.3 is 5.97 Å². The van der Waals surface area contributed by atoms with E-state index in [2.05, 4.69) is 20.8 Å². The summed E-state index contributed by atoms with van der Waals surface area (Å²) in [6.07, 6.45) is 4.81. The second-order valence-corrected chi connectivity index (χ2v) is 8.54. The Morgan fingerprint density at radius 1 is 1.07 bits per heavy atom. The number of benzene rings is 2. The maximum absolute atomic E-state index is 12.4. The largest absolute Gasteiger partial charge is 0.477 e. The van der Waals surface area contributed by atoms with Crippen LogP contribution in [-0.2, 0) is 6.54 Å². The van der Waals surface area contributed by atoms with Crippen LogP contribution in [0.3, 0.4) is 0 Å². The molecule has 4 nitrogen and oxygen atoms in total. The minimum atomic E-state index is -0.919. The molecule has 3 aromatic rings. The Bertz CT molecular complexity index is 1010. The van der Waals surface area contributed by atoms with Crippen LogP contribution in [0.1, 0.15) is 41.7 Å². The first kappa shape index (κ1) is 19.5. The van der Waals surface area contributed by atoms with Gasteiger partial charge in [-0.3, -0.25) is 4.90 Å². The molecule has 1 saturated heterocycles. The predicted molar refractivity (Wildman–Crippen MR) is 117 cm³/mol. The maximum Gasteiger partial charge on any atom is 0.353 e. The van der Waals surface area contributed by atoms with Crippen LogP contribution in [0.4, 0.5) is 0 Å². The van der Waals surface area contributed by atoms with Gasteiger partial charge in [-0.05, 0) is 66.1 Å². The molecule has 0 unspecified atom stereocenters. The van der Waals surface area contributed by atoms with Crippen molar-refractivity contribution in [3.63, 3.8) is 0 Å². The number of para-hydroxylation sites is 1. The molecular weight excluding hydrogens is 440 g/mol. The smallest absolute Gasteiger partial charge is 0.353 e. The van der Waals surface area contributed by atoms with Crippen molar-refractivity contribution in [3.8, 4) is 5.69 Å². The van der Waals surface area contributed by atoms with Crippen molar-refractivity contribution in [3.05, 3.63) is 63.2 Å². The third-order valence-corrected chi connectivity index (χ3v) is 6.61. The number of carboxylic acid groups (broad SMARTS) is 1. The van der Waals surface area contributed by atoms with E-state index in [1.54, 1.807) is 0 Å². The van der Waals surface area contributed by atoms with Gasteiger partial charge in [0.05, 0.1) is 10.5 Å². The van der Waals surface area contributed by atoms with Crippen molar-refractivity contribution >= 4 is 44.4 Å². The fraction of sp³-hybridized carbons (Fsp3) is 0.318. The first-order valence-electron chi connectivity index (χ1n) is 9.59. The lowest BCUT2D eigenvalue weighted by molar-refractivity contribution is 0.0686. The molecule has 146 valence electrons. The van der Waals surface area contributed by atoms with Gasteiger partial charge in [-0.15, -0.1) is 0 Å². The number of halogens is 2. The van der Waals surface area contributed by atoms with Gasteiger partial charge in [-0.25, -0.2) is 4.79 Å². The number of aromatic nitrogens is 1. The number of carbonyl (C=O) groups is 1. The standard InChI is InChI=1S/C22H22BrClN2O2/c23-18-12-16-17(14-25-10-6-1-2-7-11-25)21(22(27)28)26(20(16)13-19(18)24)15-8-4-3-5-9-15/h3-5,8-9,12-13H,1-2,6-7,10-11,14H2,(H,27,28). The summed E-state index contributed by atoms with van der Waals surface area (Å²) >= 11 is 9.90. The summed E-state index contributed by atoms with van der Waals surface area (Å²) in [5.41, 5.74) is 2.82. The fourth-order valence-corrected chi connectivity index (χ4v) is 4.60. The average molecular weight is 462 g/mol. The molecule has 1 aliphatic rings. The molecule has 0 saturated carbocycles. The first-order chi connectivity index (χ1) is 13.6. The molecule has 28 heavy (non-hydrogen) atoms. The van der Waals surface area contributed by atoms with Gasteiger partial charge in [0, 0.05) is 27.7 Å². The number of hydrogen-bond acceptors (Lipinski definition) is 2. The normalized spacial score (nSPS) is 15.6. The zero-order valence-electron chi connectivity index (χ0n) is 15.5. The van der Waals surface area contributed by atoms with Gasteiger partial charge in [-0.2, -0.15) is 0 Å². The van der Waals surface area contributed by atoms with Crippen LogP contribution in [0.2, 0.25) is 5.02 Å². The molecule has 2 heterocycles. The first-order valence-corrected chi connectivity index (χ1v) is 10.8. The topological polar surface area (TPSA) is 45.5 Å². The van der Waals surface area contributed by atoms with E-state index < -0.39 is 5.97 Å². The lowest BCUT2D eigenvalue weighted by Crippen LogP contribution is -2.25. The molecule has 0 spiro atoms. The Kier molecular flexibility index (Phi) is 5.76. The number of hydrogen-bond donors (Lipinski definition) is 1. The number of nitrogens with zero attached hydrogens (tertiary/aromatic N) is 2. The summed E-state index contributed by atoms with van der Waals surface area (Å²) in [4.78, 5) is 14.8. The van der Waals surface area contributed by atoms with Crippen molar-refractivity contribution in [2.24, 2.45) is 0 Å². The summed E-state index contributed by atoms with van der Waals surface area (Å²) in [6, 6.07) is 13.4. The molecule has 6 heteroatoms. The van der Waals surface area contributed by atoms with Gasteiger partial charge < -0.3 is 9.67 Å². The second kappa shape index (κ2) is 8.27. The summed E-state index contributed by atoms with van der Waals surface area (Å²) in [7, 11) is 0. The molecule has 0 amide bonds. The fourth-order valence-electron chi connectivity index (χ4n) is 4.09. The molecule has 1 N–H and O–H groups in total. The third-order valence-electron chi connectivity index (χ3n) is 5.41. The monoisotopic (exact) mass is 460 g/mol. The van der Waals surface area contributed by atoms with E-state index >= 15 is 0 Å². The highest BCUT2D eigenvalue weighted by Crippen LogP contribution is 2.36. The number of rotatable bonds is 4. The SMILES string of the molecule is O=C(O)c1c(CN2CCCCCC2)c2cc(Br)c(Cl)cc2n1-c1ccccc1. The van der Waals surface area contributed by atoms with E-state index in [0.29, 0.717) is 17.3 Å². The lowest BCUT2D eigenvalue weighted by atomic mass is 10.1. The minimum absolute atomic E-state index is 0.319. The zero-order valence-corrected chi connectivity index (χ0v) is 17.8. The number of fused-ring (bicyclic) bond motifs is 1. The number of likely N-dealkylation sites (tertiary alicyclic amines) is 1. The zero-order chi connectivity index (χ0) is 19.7. The summed E-state index contributed by atoms with van der Waals surface area (Å²) in [5, 5.41) is 11.7. The quantitative estimate of drug-likeness (QED) is 0.509. The van der Waals surface area contributed by atoms with E-state index in [9.17, 15) is 9.90 Å². The molecule has 1 aliphatic heterocycles. The predicted octanol–water partition coefficient (Wildman–Crippen LogP) is 6.12. The van der Waals surface area contributed by atoms with Crippen LogP contribution in [-0.4, -0.2) is 33.6 Å². The van der Waals surface area contributed by atoms with Crippen LogP contribution in [0, 0.1) is 0 Å². The third kappa shape index (κ3) is 3.71. The lowest BCUT2D eigenvalue weighted by Gasteiger charge is -2.20. The molecule has 0 bridgehead atoms. The highest BCUT2D eigenvalue weighted by Gasteiger charge is 2.26. The Morgan fingerprint density at radius 2 is 1.75 bits per heavy atom.